The van der Waals surface area contributed by atoms with Crippen molar-refractivity contribution in [3.8, 4) is 5.75 Å². The largest absolute Gasteiger partial charge is 0.494 e. The predicted molar refractivity (Wildman–Crippen MR) is 115 cm³/mol. The Balaban J connectivity index is 1.27. The zero-order valence-corrected chi connectivity index (χ0v) is 18.4. The number of anilines is 1. The number of piperidine rings is 1. The van der Waals surface area contributed by atoms with Crippen LogP contribution in [0.15, 0.2) is 12.1 Å². The van der Waals surface area contributed by atoms with Gasteiger partial charge in [0, 0.05) is 39.1 Å². The molecule has 3 saturated heterocycles. The van der Waals surface area contributed by atoms with Gasteiger partial charge in [0.1, 0.15) is 11.3 Å². The third-order valence-electron chi connectivity index (χ3n) is 6.14. The Labute approximate surface area is 184 Å². The van der Waals surface area contributed by atoms with Crippen molar-refractivity contribution in [2.45, 2.75) is 37.4 Å². The number of nitrogens with zero attached hydrogens (tertiary/aromatic N) is 2. The highest BCUT2D eigenvalue weighted by molar-refractivity contribution is 7.22. The molecule has 0 aliphatic carbocycles. The second-order valence-electron chi connectivity index (χ2n) is 7.98. The minimum atomic E-state index is -0.546. The third kappa shape index (κ3) is 4.35. The molecule has 1 aromatic heterocycles. The summed E-state index contributed by atoms with van der Waals surface area (Å²) in [5.41, 5.74) is 2.00. The van der Waals surface area contributed by atoms with Gasteiger partial charge in [0.25, 0.3) is 0 Å². The number of amides is 1. The summed E-state index contributed by atoms with van der Waals surface area (Å²) < 4.78 is 23.5. The van der Waals surface area contributed by atoms with Crippen LogP contribution < -0.4 is 10.1 Å². The summed E-state index contributed by atoms with van der Waals surface area (Å²) >= 11 is 1.45. The van der Waals surface area contributed by atoms with E-state index >= 15 is 0 Å². The summed E-state index contributed by atoms with van der Waals surface area (Å²) in [7, 11) is 1.63. The molecule has 3 aliphatic rings. The first-order valence-electron chi connectivity index (χ1n) is 10.7. The maximum atomic E-state index is 12.5. The van der Waals surface area contributed by atoms with E-state index in [2.05, 4.69) is 16.4 Å². The number of methoxy groups -OCH3 is 1. The van der Waals surface area contributed by atoms with Crippen molar-refractivity contribution in [1.29, 1.82) is 0 Å². The Hall–Kier alpha value is -1.98. The monoisotopic (exact) mass is 449 g/mol. The second-order valence-corrected chi connectivity index (χ2v) is 8.98. The van der Waals surface area contributed by atoms with Crippen molar-refractivity contribution in [2.24, 2.45) is 0 Å². The summed E-state index contributed by atoms with van der Waals surface area (Å²) in [5.74, 6) is 0.616. The van der Waals surface area contributed by atoms with Crippen molar-refractivity contribution in [1.82, 2.24) is 10.0 Å². The molecule has 168 valence electrons. The topological polar surface area (TPSA) is 91.4 Å². The van der Waals surface area contributed by atoms with Crippen LogP contribution in [0.25, 0.3) is 10.2 Å². The molecule has 0 unspecified atom stereocenters. The molecule has 5 rings (SSSR count). The maximum absolute atomic E-state index is 12.5. The van der Waals surface area contributed by atoms with E-state index in [9.17, 15) is 4.79 Å². The Bertz CT molecular complexity index is 929. The number of aromatic nitrogens is 1. The van der Waals surface area contributed by atoms with E-state index in [1.165, 1.54) is 16.9 Å². The van der Waals surface area contributed by atoms with E-state index in [1.807, 2.05) is 6.07 Å². The number of fused-ring (bicyclic) bond motifs is 1. The summed E-state index contributed by atoms with van der Waals surface area (Å²) in [4.78, 5) is 22.6. The molecule has 1 spiro atoms. The molecule has 1 amide bonds. The molecule has 2 aromatic rings. The fraction of sp³-hybridized carbons (Fsp3) is 0.619. The fourth-order valence-corrected chi connectivity index (χ4v) is 5.54. The normalized spacial score (nSPS) is 22.1. The molecule has 3 aliphatic heterocycles. The first-order valence-corrected chi connectivity index (χ1v) is 11.5. The highest BCUT2D eigenvalue weighted by atomic mass is 32.1. The van der Waals surface area contributed by atoms with E-state index in [0.29, 0.717) is 55.9 Å². The number of hydrogen-bond acceptors (Lipinski definition) is 9. The van der Waals surface area contributed by atoms with Gasteiger partial charge in [0.15, 0.2) is 10.9 Å². The minimum Gasteiger partial charge on any atom is -0.494 e. The molecule has 0 bridgehead atoms. The summed E-state index contributed by atoms with van der Waals surface area (Å²) in [6, 6.07) is 4.06. The van der Waals surface area contributed by atoms with Crippen LogP contribution >= 0.6 is 11.3 Å². The number of carbonyl (C=O) groups is 1. The van der Waals surface area contributed by atoms with Crippen LogP contribution in [0, 0.1) is 0 Å². The summed E-state index contributed by atoms with van der Waals surface area (Å²) in [6.45, 7) is 3.91. The zero-order valence-electron chi connectivity index (χ0n) is 17.6. The fourth-order valence-electron chi connectivity index (χ4n) is 4.48. The van der Waals surface area contributed by atoms with Gasteiger partial charge in [-0.2, -0.15) is 0 Å². The Morgan fingerprint density at radius 1 is 1.19 bits per heavy atom. The Kier molecular flexibility index (Phi) is 5.98. The van der Waals surface area contributed by atoms with Gasteiger partial charge in [-0.25, -0.2) is 9.78 Å². The number of hydroxylamine groups is 2. The van der Waals surface area contributed by atoms with Crippen molar-refractivity contribution in [3.63, 3.8) is 0 Å². The molecule has 0 saturated carbocycles. The lowest BCUT2D eigenvalue weighted by Crippen LogP contribution is -2.46. The minimum absolute atomic E-state index is 0.420. The molecule has 0 atom stereocenters. The molecule has 3 fully saturated rings. The number of benzene rings is 1. The molecule has 0 radical (unpaired) electrons. The number of thiazole rings is 1. The second kappa shape index (κ2) is 8.87. The van der Waals surface area contributed by atoms with E-state index in [0.717, 1.165) is 36.3 Å². The molecular formula is C21H27N3O6S. The molecule has 31 heavy (non-hydrogen) atoms. The quantitative estimate of drug-likeness (QED) is 0.758. The van der Waals surface area contributed by atoms with Crippen LogP contribution in [0.3, 0.4) is 0 Å². The number of rotatable bonds is 4. The highest BCUT2D eigenvalue weighted by Gasteiger charge is 2.40. The van der Waals surface area contributed by atoms with E-state index in [4.69, 9.17) is 23.8 Å². The van der Waals surface area contributed by atoms with Crippen LogP contribution in [0.1, 0.15) is 37.2 Å². The van der Waals surface area contributed by atoms with E-state index in [1.54, 1.807) is 12.2 Å². The third-order valence-corrected chi connectivity index (χ3v) is 7.16. The zero-order chi connectivity index (χ0) is 21.3. The lowest BCUT2D eigenvalue weighted by Gasteiger charge is -2.36. The predicted octanol–water partition coefficient (Wildman–Crippen LogP) is 3.50. The van der Waals surface area contributed by atoms with Crippen molar-refractivity contribution >= 4 is 32.8 Å². The van der Waals surface area contributed by atoms with Gasteiger partial charge >= 0.3 is 6.09 Å². The lowest BCUT2D eigenvalue weighted by molar-refractivity contribution is -0.222. The molecule has 9 nitrogen and oxygen atoms in total. The van der Waals surface area contributed by atoms with Crippen molar-refractivity contribution in [3.05, 3.63) is 17.7 Å². The van der Waals surface area contributed by atoms with E-state index < -0.39 is 11.9 Å². The van der Waals surface area contributed by atoms with Crippen LogP contribution in [-0.4, -0.2) is 68.6 Å². The average Bonchev–Trinajstić information content (AvgIpc) is 3.42. The Morgan fingerprint density at radius 2 is 1.94 bits per heavy atom. The highest BCUT2D eigenvalue weighted by Crippen LogP contribution is 2.40. The summed E-state index contributed by atoms with van der Waals surface area (Å²) in [6.07, 6.45) is 2.76. The SMILES string of the molecule is COc1ccc(C2CCOCC2)c2sc(NC(=O)ON3CCC4(CC3)OCCO4)nc12. The van der Waals surface area contributed by atoms with Crippen LogP contribution in [0.5, 0.6) is 5.75 Å². The van der Waals surface area contributed by atoms with Gasteiger partial charge in [-0.3, -0.25) is 5.32 Å². The van der Waals surface area contributed by atoms with Crippen LogP contribution in [-0.2, 0) is 19.0 Å². The number of carbonyl (C=O) groups excluding carboxylic acids is 1. The number of ether oxygens (including phenoxy) is 4. The molecule has 1 aromatic carbocycles. The number of nitrogens with one attached hydrogen (secondary N) is 1. The van der Waals surface area contributed by atoms with Gasteiger partial charge in [-0.15, -0.1) is 5.06 Å². The van der Waals surface area contributed by atoms with Crippen molar-refractivity contribution < 1.29 is 28.6 Å². The average molecular weight is 450 g/mol. The standard InChI is InChI=1S/C21H27N3O6S/c1-26-16-3-2-15(14-4-10-27-11-5-14)18-17(16)22-19(31-18)23-20(25)30-24-8-6-21(7-9-24)28-12-13-29-21/h2-3,14H,4-13H2,1H3,(H,22,23,25). The van der Waals surface area contributed by atoms with E-state index in [-0.39, 0.29) is 0 Å². The van der Waals surface area contributed by atoms with Gasteiger partial charge < -0.3 is 23.8 Å². The first-order chi connectivity index (χ1) is 15.2. The van der Waals surface area contributed by atoms with Gasteiger partial charge in [0.2, 0.25) is 0 Å². The molecule has 4 heterocycles. The molecule has 1 N–H and O–H groups in total. The Morgan fingerprint density at radius 3 is 2.65 bits per heavy atom. The van der Waals surface area contributed by atoms with Crippen LogP contribution in [0.2, 0.25) is 0 Å². The van der Waals surface area contributed by atoms with Gasteiger partial charge in [0.05, 0.1) is 25.0 Å². The lowest BCUT2D eigenvalue weighted by atomic mass is 9.91. The maximum Gasteiger partial charge on any atom is 0.432 e. The summed E-state index contributed by atoms with van der Waals surface area (Å²) in [5, 5.41) is 4.92. The molecular weight excluding hydrogens is 422 g/mol. The smallest absolute Gasteiger partial charge is 0.432 e. The van der Waals surface area contributed by atoms with Crippen LogP contribution in [0.4, 0.5) is 9.93 Å². The first kappa shape index (κ1) is 20.9. The molecule has 10 heteroatoms. The van der Waals surface area contributed by atoms with Crippen molar-refractivity contribution in [2.75, 3.05) is 51.9 Å². The van der Waals surface area contributed by atoms with Gasteiger partial charge in [-0.05, 0) is 30.4 Å². The van der Waals surface area contributed by atoms with Gasteiger partial charge in [-0.1, -0.05) is 17.4 Å². The number of hydrogen-bond donors (Lipinski definition) is 1.